The number of hydrogen-bond donors (Lipinski definition) is 1. The highest BCUT2D eigenvalue weighted by Crippen LogP contribution is 2.17. The van der Waals surface area contributed by atoms with E-state index in [2.05, 4.69) is 5.32 Å². The lowest BCUT2D eigenvalue weighted by atomic mass is 9.97. The lowest BCUT2D eigenvalue weighted by Crippen LogP contribution is -2.64. The second kappa shape index (κ2) is 5.27. The Balaban J connectivity index is 2.84. The van der Waals surface area contributed by atoms with Gasteiger partial charge in [-0.15, -0.1) is 0 Å². The molecule has 1 N–H and O–H groups in total. The van der Waals surface area contributed by atoms with Gasteiger partial charge in [0.2, 0.25) is 11.8 Å². The molecule has 0 aromatic rings. The van der Waals surface area contributed by atoms with Gasteiger partial charge >= 0.3 is 0 Å². The molecule has 1 saturated heterocycles. The highest BCUT2D eigenvalue weighted by molar-refractivity contribution is 5.96. The van der Waals surface area contributed by atoms with E-state index >= 15 is 0 Å². The molecule has 2 atom stereocenters. The molecule has 1 heterocycles. The molecule has 4 nitrogen and oxygen atoms in total. The lowest BCUT2D eigenvalue weighted by Gasteiger charge is -2.39. The lowest BCUT2D eigenvalue weighted by molar-refractivity contribution is -0.150. The first kappa shape index (κ1) is 12.9. The monoisotopic (exact) mass is 230 g/mol. The number of nitrogens with zero attached hydrogens (tertiary/aromatic N) is 1. The number of piperazine rings is 1. The average Bonchev–Trinajstić information content (AvgIpc) is 2.20. The van der Waals surface area contributed by atoms with Gasteiger partial charge < -0.3 is 10.2 Å². The first-order valence-electron chi connectivity index (χ1n) is 5.65. The number of rotatable bonds is 4. The summed E-state index contributed by atoms with van der Waals surface area (Å²) in [5.74, 6) is -0.219. The summed E-state index contributed by atoms with van der Waals surface area (Å²) < 4.78 is 12.2. The van der Waals surface area contributed by atoms with Crippen LogP contribution in [0.4, 0.5) is 4.39 Å². The zero-order chi connectivity index (χ0) is 12.3. The van der Waals surface area contributed by atoms with Crippen LogP contribution < -0.4 is 5.32 Å². The SMILES string of the molecule is CC1NC(=O)C(C(C)C)N(CCCF)C1=O. The average molecular weight is 230 g/mol. The maximum atomic E-state index is 12.2. The summed E-state index contributed by atoms with van der Waals surface area (Å²) in [6, 6.07) is -0.961. The summed E-state index contributed by atoms with van der Waals surface area (Å²) in [6.45, 7) is 5.27. The zero-order valence-electron chi connectivity index (χ0n) is 10.00. The number of hydrogen-bond acceptors (Lipinski definition) is 2. The van der Waals surface area contributed by atoms with Crippen LogP contribution in [0, 0.1) is 5.92 Å². The molecule has 0 aliphatic carbocycles. The van der Waals surface area contributed by atoms with Crippen LogP contribution in [0.3, 0.4) is 0 Å². The highest BCUT2D eigenvalue weighted by atomic mass is 19.1. The first-order valence-corrected chi connectivity index (χ1v) is 5.65. The molecule has 1 fully saturated rings. The Labute approximate surface area is 95.2 Å². The van der Waals surface area contributed by atoms with Crippen molar-refractivity contribution in [3.63, 3.8) is 0 Å². The van der Waals surface area contributed by atoms with Crippen molar-refractivity contribution >= 4 is 11.8 Å². The van der Waals surface area contributed by atoms with Crippen LogP contribution in [0.2, 0.25) is 0 Å². The van der Waals surface area contributed by atoms with Gasteiger partial charge in [-0.3, -0.25) is 14.0 Å². The number of carbonyl (C=O) groups is 2. The fraction of sp³-hybridized carbons (Fsp3) is 0.818. The minimum atomic E-state index is -0.498. The molecular formula is C11H19FN2O2. The predicted octanol–water partition coefficient (Wildman–Crippen LogP) is 0.717. The summed E-state index contributed by atoms with van der Waals surface area (Å²) in [4.78, 5) is 25.2. The fourth-order valence-corrected chi connectivity index (χ4v) is 2.03. The number of amides is 2. The highest BCUT2D eigenvalue weighted by Gasteiger charge is 2.39. The van der Waals surface area contributed by atoms with E-state index in [1.807, 2.05) is 13.8 Å². The quantitative estimate of drug-likeness (QED) is 0.773. The van der Waals surface area contributed by atoms with Gasteiger partial charge in [-0.2, -0.15) is 0 Å². The van der Waals surface area contributed by atoms with Gasteiger partial charge in [-0.05, 0) is 19.3 Å². The van der Waals surface area contributed by atoms with Crippen LogP contribution in [0.25, 0.3) is 0 Å². The molecular weight excluding hydrogens is 211 g/mol. The normalized spacial score (nSPS) is 26.2. The third kappa shape index (κ3) is 2.51. The molecule has 1 aliphatic rings. The number of alkyl halides is 1. The van der Waals surface area contributed by atoms with Crippen molar-refractivity contribution in [3.8, 4) is 0 Å². The van der Waals surface area contributed by atoms with E-state index in [0.29, 0.717) is 6.54 Å². The number of nitrogens with one attached hydrogen (secondary N) is 1. The van der Waals surface area contributed by atoms with Crippen molar-refractivity contribution in [2.45, 2.75) is 39.3 Å². The van der Waals surface area contributed by atoms with Crippen molar-refractivity contribution in [1.82, 2.24) is 10.2 Å². The minimum absolute atomic E-state index is 0.0380. The van der Waals surface area contributed by atoms with Crippen LogP contribution in [0.1, 0.15) is 27.2 Å². The van der Waals surface area contributed by atoms with Crippen molar-refractivity contribution in [2.75, 3.05) is 13.2 Å². The van der Waals surface area contributed by atoms with E-state index in [1.54, 1.807) is 6.92 Å². The van der Waals surface area contributed by atoms with E-state index < -0.39 is 18.8 Å². The van der Waals surface area contributed by atoms with E-state index in [0.717, 1.165) is 0 Å². The van der Waals surface area contributed by atoms with Crippen LogP contribution in [-0.4, -0.2) is 42.0 Å². The first-order chi connectivity index (χ1) is 7.49. The van der Waals surface area contributed by atoms with Crippen LogP contribution in [-0.2, 0) is 9.59 Å². The third-order valence-electron chi connectivity index (χ3n) is 2.78. The predicted molar refractivity (Wildman–Crippen MR) is 58.5 cm³/mol. The molecule has 0 bridgehead atoms. The molecule has 0 aromatic heterocycles. The molecule has 1 rings (SSSR count). The second-order valence-corrected chi connectivity index (χ2v) is 4.49. The Kier molecular flexibility index (Phi) is 4.26. The molecule has 5 heteroatoms. The Hall–Kier alpha value is -1.13. The largest absolute Gasteiger partial charge is 0.343 e. The van der Waals surface area contributed by atoms with Gasteiger partial charge in [0.1, 0.15) is 12.1 Å². The smallest absolute Gasteiger partial charge is 0.245 e. The summed E-state index contributed by atoms with van der Waals surface area (Å²) in [6.07, 6.45) is 0.287. The van der Waals surface area contributed by atoms with Crippen molar-refractivity contribution in [2.24, 2.45) is 5.92 Å². The third-order valence-corrected chi connectivity index (χ3v) is 2.78. The van der Waals surface area contributed by atoms with Crippen molar-refractivity contribution < 1.29 is 14.0 Å². The molecule has 92 valence electrons. The van der Waals surface area contributed by atoms with Gasteiger partial charge in [0.15, 0.2) is 0 Å². The van der Waals surface area contributed by atoms with Crippen molar-refractivity contribution in [3.05, 3.63) is 0 Å². The Morgan fingerprint density at radius 1 is 1.44 bits per heavy atom. The molecule has 0 spiro atoms. The Morgan fingerprint density at radius 2 is 2.06 bits per heavy atom. The maximum absolute atomic E-state index is 12.2. The maximum Gasteiger partial charge on any atom is 0.245 e. The van der Waals surface area contributed by atoms with E-state index in [9.17, 15) is 14.0 Å². The Morgan fingerprint density at radius 3 is 2.56 bits per heavy atom. The molecule has 0 saturated carbocycles. The van der Waals surface area contributed by atoms with Crippen LogP contribution in [0.5, 0.6) is 0 Å². The van der Waals surface area contributed by atoms with E-state index in [1.165, 1.54) is 4.90 Å². The van der Waals surface area contributed by atoms with Crippen molar-refractivity contribution in [1.29, 1.82) is 0 Å². The van der Waals surface area contributed by atoms with Gasteiger partial charge in [0.25, 0.3) is 0 Å². The van der Waals surface area contributed by atoms with Gasteiger partial charge in [0, 0.05) is 6.54 Å². The zero-order valence-corrected chi connectivity index (χ0v) is 10.00. The number of carbonyl (C=O) groups excluding carboxylic acids is 2. The summed E-state index contributed by atoms with van der Waals surface area (Å²) in [7, 11) is 0. The molecule has 16 heavy (non-hydrogen) atoms. The van der Waals surface area contributed by atoms with E-state index in [-0.39, 0.29) is 24.2 Å². The minimum Gasteiger partial charge on any atom is -0.343 e. The molecule has 0 radical (unpaired) electrons. The molecule has 0 aromatic carbocycles. The molecule has 2 amide bonds. The van der Waals surface area contributed by atoms with E-state index in [4.69, 9.17) is 0 Å². The standard InChI is InChI=1S/C11H19FN2O2/c1-7(2)9-10(15)13-8(3)11(16)14(9)6-4-5-12/h7-9H,4-6H2,1-3H3,(H,13,15). The second-order valence-electron chi connectivity index (χ2n) is 4.49. The summed E-state index contributed by atoms with van der Waals surface area (Å²) in [5.41, 5.74) is 0. The fourth-order valence-electron chi connectivity index (χ4n) is 2.03. The van der Waals surface area contributed by atoms with Gasteiger partial charge in [-0.1, -0.05) is 13.8 Å². The van der Waals surface area contributed by atoms with Crippen LogP contribution >= 0.6 is 0 Å². The summed E-state index contributed by atoms with van der Waals surface area (Å²) in [5, 5.41) is 2.64. The van der Waals surface area contributed by atoms with Crippen LogP contribution in [0.15, 0.2) is 0 Å². The topological polar surface area (TPSA) is 49.4 Å². The Bertz CT molecular complexity index is 281. The molecule has 1 aliphatic heterocycles. The molecule has 2 unspecified atom stereocenters. The number of halogens is 1. The summed E-state index contributed by atoms with van der Waals surface area (Å²) >= 11 is 0. The van der Waals surface area contributed by atoms with Gasteiger partial charge in [-0.25, -0.2) is 0 Å². The van der Waals surface area contributed by atoms with Gasteiger partial charge in [0.05, 0.1) is 6.67 Å².